The largest absolute Gasteiger partial charge is 0.484 e. The second-order valence-electron chi connectivity index (χ2n) is 7.57. The minimum Gasteiger partial charge on any atom is -0.484 e. The Labute approximate surface area is 171 Å². The first-order valence-corrected chi connectivity index (χ1v) is 10.1. The summed E-state index contributed by atoms with van der Waals surface area (Å²) in [7, 11) is 0. The molecule has 5 rings (SSSR count). The van der Waals surface area contributed by atoms with E-state index in [1.807, 2.05) is 13.0 Å². The molecule has 0 atom stereocenters. The van der Waals surface area contributed by atoms with Crippen LogP contribution >= 0.6 is 22.9 Å². The molecule has 0 aliphatic heterocycles. The number of rotatable bonds is 6. The number of aryl methyl sites for hydroxylation is 1. The monoisotopic (exact) mass is 415 g/mol. The average molecular weight is 416 g/mol. The van der Waals surface area contributed by atoms with E-state index in [-0.39, 0.29) is 29.5 Å². The summed E-state index contributed by atoms with van der Waals surface area (Å²) >= 11 is 7.24. The number of nitriles is 1. The minimum atomic E-state index is -0.269. The summed E-state index contributed by atoms with van der Waals surface area (Å²) in [5.41, 5.74) is 0.764. The molecule has 1 aromatic carbocycles. The summed E-state index contributed by atoms with van der Waals surface area (Å²) in [5.74, 6) is 0.201. The van der Waals surface area contributed by atoms with Crippen LogP contribution in [0.4, 0.5) is 0 Å². The van der Waals surface area contributed by atoms with Crippen LogP contribution in [-0.4, -0.2) is 29.5 Å². The van der Waals surface area contributed by atoms with Crippen LogP contribution < -0.4 is 15.4 Å². The van der Waals surface area contributed by atoms with Gasteiger partial charge in [-0.25, -0.2) is 0 Å². The first kappa shape index (κ1) is 18.8. The molecule has 8 heteroatoms. The molecule has 3 aliphatic rings. The zero-order valence-electron chi connectivity index (χ0n) is 15.2. The molecule has 3 aliphatic carbocycles. The van der Waals surface area contributed by atoms with Crippen molar-refractivity contribution in [3.8, 4) is 11.8 Å². The molecule has 2 amide bonds. The number of halogens is 1. The Hall–Kier alpha value is -2.56. The number of carbonyl (C=O) groups excluding carboxylic acids is 2. The highest BCUT2D eigenvalue weighted by Crippen LogP contribution is 2.60. The van der Waals surface area contributed by atoms with Crippen molar-refractivity contribution >= 4 is 34.8 Å². The highest BCUT2D eigenvalue weighted by atomic mass is 35.5. The lowest BCUT2D eigenvalue weighted by Gasteiger charge is -2.70. The topological polar surface area (TPSA) is 91.2 Å². The molecule has 2 N–H and O–H groups in total. The summed E-state index contributed by atoms with van der Waals surface area (Å²) in [6.07, 6.45) is 2.10. The maximum absolute atomic E-state index is 12.4. The molecular weight excluding hydrogens is 398 g/mol. The number of amides is 2. The minimum absolute atomic E-state index is 0.0666. The highest BCUT2D eigenvalue weighted by Gasteiger charge is 2.69. The fourth-order valence-corrected chi connectivity index (χ4v) is 4.97. The fraction of sp³-hybridized carbons (Fsp3) is 0.350. The molecule has 0 saturated heterocycles. The van der Waals surface area contributed by atoms with Gasteiger partial charge in [0.2, 0.25) is 0 Å². The van der Waals surface area contributed by atoms with E-state index < -0.39 is 0 Å². The van der Waals surface area contributed by atoms with Crippen LogP contribution in [0.25, 0.3) is 0 Å². The molecule has 1 aromatic heterocycles. The Morgan fingerprint density at radius 3 is 2.64 bits per heavy atom. The van der Waals surface area contributed by atoms with Crippen molar-refractivity contribution in [2.45, 2.75) is 37.3 Å². The van der Waals surface area contributed by atoms with Gasteiger partial charge in [-0.15, -0.1) is 11.3 Å². The van der Waals surface area contributed by atoms with Crippen LogP contribution in [0.15, 0.2) is 29.6 Å². The third-order valence-electron chi connectivity index (χ3n) is 5.30. The number of thiophene rings is 1. The van der Waals surface area contributed by atoms with Gasteiger partial charge >= 0.3 is 0 Å². The number of nitrogens with one attached hydrogen (secondary N) is 2. The molecular formula is C20H18ClN3O3S. The first-order chi connectivity index (χ1) is 13.3. The molecule has 0 radical (unpaired) electrons. The van der Waals surface area contributed by atoms with Crippen LogP contribution in [0, 0.1) is 18.3 Å². The van der Waals surface area contributed by atoms with Crippen LogP contribution in [0.3, 0.4) is 0 Å². The van der Waals surface area contributed by atoms with Crippen LogP contribution in [-0.2, 0) is 4.79 Å². The summed E-state index contributed by atoms with van der Waals surface area (Å²) < 4.78 is 5.53. The number of benzene rings is 1. The molecule has 2 aromatic rings. The van der Waals surface area contributed by atoms with E-state index in [1.165, 1.54) is 11.3 Å². The lowest BCUT2D eigenvalue weighted by molar-refractivity contribution is -0.141. The van der Waals surface area contributed by atoms with E-state index in [0.29, 0.717) is 40.5 Å². The van der Waals surface area contributed by atoms with Crippen LogP contribution in [0.1, 0.15) is 40.1 Å². The predicted octanol–water partition coefficient (Wildman–Crippen LogP) is 3.18. The zero-order valence-corrected chi connectivity index (χ0v) is 16.7. The third kappa shape index (κ3) is 3.34. The lowest BCUT2D eigenvalue weighted by atomic mass is 9.44. The molecule has 3 saturated carbocycles. The second-order valence-corrected chi connectivity index (χ2v) is 8.89. The molecule has 0 unspecified atom stereocenters. The van der Waals surface area contributed by atoms with E-state index in [2.05, 4.69) is 10.6 Å². The first-order valence-electron chi connectivity index (χ1n) is 8.84. The third-order valence-corrected chi connectivity index (χ3v) is 6.64. The fourth-order valence-electron chi connectivity index (χ4n) is 4.11. The SMILES string of the molecule is Cc1cc(OCC(=O)NC23CC(NC(=O)c4sccc4C#N)(C2)C3)ccc1Cl. The number of carbonyl (C=O) groups is 2. The van der Waals surface area contributed by atoms with Crippen molar-refractivity contribution in [3.63, 3.8) is 0 Å². The van der Waals surface area contributed by atoms with Crippen molar-refractivity contribution in [1.29, 1.82) is 5.26 Å². The summed E-state index contributed by atoms with van der Waals surface area (Å²) in [5, 5.41) is 17.5. The Bertz CT molecular complexity index is 991. The molecule has 0 spiro atoms. The van der Waals surface area contributed by atoms with Crippen molar-refractivity contribution in [2.24, 2.45) is 0 Å². The van der Waals surface area contributed by atoms with Gasteiger partial charge in [-0.05, 0) is 61.4 Å². The molecule has 3 fully saturated rings. The van der Waals surface area contributed by atoms with Gasteiger partial charge in [-0.2, -0.15) is 5.26 Å². The summed E-state index contributed by atoms with van der Waals surface area (Å²) in [6, 6.07) is 8.94. The molecule has 6 nitrogen and oxygen atoms in total. The van der Waals surface area contributed by atoms with E-state index >= 15 is 0 Å². The van der Waals surface area contributed by atoms with Gasteiger partial charge in [0.05, 0.1) is 5.56 Å². The predicted molar refractivity (Wildman–Crippen MR) is 106 cm³/mol. The Morgan fingerprint density at radius 2 is 1.96 bits per heavy atom. The van der Waals surface area contributed by atoms with E-state index in [1.54, 1.807) is 29.6 Å². The second kappa shape index (κ2) is 6.80. The number of ether oxygens (including phenoxy) is 1. The van der Waals surface area contributed by atoms with Gasteiger partial charge in [-0.1, -0.05) is 11.6 Å². The van der Waals surface area contributed by atoms with Gasteiger partial charge in [0.15, 0.2) is 6.61 Å². The quantitative estimate of drug-likeness (QED) is 0.758. The van der Waals surface area contributed by atoms with Crippen molar-refractivity contribution in [2.75, 3.05) is 6.61 Å². The standard InChI is InChI=1S/C20H18ClN3O3S/c1-12-6-14(2-3-15(12)21)27-8-16(25)23-19-9-20(10-19,11-19)24-18(26)17-13(7-22)4-5-28-17/h2-6H,8-11H2,1H3,(H,23,25)(H,24,26). The highest BCUT2D eigenvalue weighted by molar-refractivity contribution is 7.12. The molecule has 144 valence electrons. The average Bonchev–Trinajstić information content (AvgIpc) is 3.08. The van der Waals surface area contributed by atoms with Gasteiger partial charge in [0, 0.05) is 16.1 Å². The molecule has 28 heavy (non-hydrogen) atoms. The van der Waals surface area contributed by atoms with E-state index in [4.69, 9.17) is 21.6 Å². The normalized spacial score (nSPS) is 24.3. The van der Waals surface area contributed by atoms with E-state index in [0.717, 1.165) is 5.56 Å². The molecule has 1 heterocycles. The van der Waals surface area contributed by atoms with Gasteiger partial charge in [0.25, 0.3) is 11.8 Å². The van der Waals surface area contributed by atoms with Crippen molar-refractivity contribution in [3.05, 3.63) is 50.7 Å². The van der Waals surface area contributed by atoms with Crippen molar-refractivity contribution < 1.29 is 14.3 Å². The van der Waals surface area contributed by atoms with Crippen molar-refractivity contribution in [1.82, 2.24) is 10.6 Å². The zero-order chi connectivity index (χ0) is 19.9. The smallest absolute Gasteiger partial charge is 0.263 e. The van der Waals surface area contributed by atoms with Crippen LogP contribution in [0.2, 0.25) is 5.02 Å². The number of hydrogen-bond donors (Lipinski definition) is 2. The number of hydrogen-bond acceptors (Lipinski definition) is 5. The maximum Gasteiger partial charge on any atom is 0.263 e. The Balaban J connectivity index is 1.25. The van der Waals surface area contributed by atoms with Gasteiger partial charge < -0.3 is 15.4 Å². The summed E-state index contributed by atoms with van der Waals surface area (Å²) in [6.45, 7) is 1.81. The number of nitrogens with zero attached hydrogens (tertiary/aromatic N) is 1. The Morgan fingerprint density at radius 1 is 1.25 bits per heavy atom. The molecule has 2 bridgehead atoms. The van der Waals surface area contributed by atoms with E-state index in [9.17, 15) is 9.59 Å². The Kier molecular flexibility index (Phi) is 4.56. The lowest BCUT2D eigenvalue weighted by Crippen LogP contribution is -2.84. The maximum atomic E-state index is 12.4. The van der Waals surface area contributed by atoms with Gasteiger partial charge in [0.1, 0.15) is 16.7 Å². The van der Waals surface area contributed by atoms with Crippen LogP contribution in [0.5, 0.6) is 5.75 Å². The van der Waals surface area contributed by atoms with Gasteiger partial charge in [-0.3, -0.25) is 9.59 Å². The summed E-state index contributed by atoms with van der Waals surface area (Å²) in [4.78, 5) is 25.0.